The van der Waals surface area contributed by atoms with Crippen molar-refractivity contribution in [2.24, 2.45) is 5.73 Å². The minimum atomic E-state index is -0.556. The Bertz CT molecular complexity index is 518. The normalized spacial score (nSPS) is 12.2. The largest absolute Gasteiger partial charge is 0.488 e. The lowest BCUT2D eigenvalue weighted by Gasteiger charge is -2.14. The van der Waals surface area contributed by atoms with Gasteiger partial charge in [0.05, 0.1) is 11.1 Å². The summed E-state index contributed by atoms with van der Waals surface area (Å²) in [5.41, 5.74) is 6.89. The predicted molar refractivity (Wildman–Crippen MR) is 70.3 cm³/mol. The van der Waals surface area contributed by atoms with Crippen LogP contribution in [0.1, 0.15) is 11.6 Å². The van der Waals surface area contributed by atoms with Crippen molar-refractivity contribution in [3.05, 3.63) is 64.9 Å². The predicted octanol–water partition coefficient (Wildman–Crippen LogP) is 3.56. The maximum absolute atomic E-state index is 13.6. The molecule has 0 saturated heterocycles. The van der Waals surface area contributed by atoms with E-state index in [-0.39, 0.29) is 23.4 Å². The molecule has 2 nitrogen and oxygen atoms in total. The van der Waals surface area contributed by atoms with Crippen LogP contribution >= 0.6 is 11.6 Å². The highest BCUT2D eigenvalue weighted by atomic mass is 35.5. The van der Waals surface area contributed by atoms with Crippen LogP contribution in [0.5, 0.6) is 5.75 Å². The van der Waals surface area contributed by atoms with Crippen molar-refractivity contribution in [3.8, 4) is 5.75 Å². The summed E-state index contributed by atoms with van der Waals surface area (Å²) < 4.78 is 18.9. The Hall–Kier alpha value is -1.58. The van der Waals surface area contributed by atoms with Crippen molar-refractivity contribution in [2.75, 3.05) is 6.61 Å². The van der Waals surface area contributed by atoms with Gasteiger partial charge in [-0.1, -0.05) is 48.0 Å². The fourth-order valence-electron chi connectivity index (χ4n) is 1.57. The van der Waals surface area contributed by atoms with Gasteiger partial charge < -0.3 is 10.5 Å². The molecule has 2 N–H and O–H groups in total. The number of rotatable bonds is 4. The molecule has 0 amide bonds. The van der Waals surface area contributed by atoms with E-state index in [2.05, 4.69) is 0 Å². The first-order valence-corrected chi connectivity index (χ1v) is 5.93. The SMILES string of the molecule is NC(COc1cccc(Cl)c1F)c1ccccc1. The molecule has 2 aromatic carbocycles. The van der Waals surface area contributed by atoms with Gasteiger partial charge in [0, 0.05) is 0 Å². The topological polar surface area (TPSA) is 35.2 Å². The molecule has 94 valence electrons. The second-order valence-corrected chi connectivity index (χ2v) is 4.29. The third-order valence-electron chi connectivity index (χ3n) is 2.56. The maximum atomic E-state index is 13.6. The van der Waals surface area contributed by atoms with Crippen molar-refractivity contribution in [1.29, 1.82) is 0 Å². The van der Waals surface area contributed by atoms with Gasteiger partial charge in [-0.15, -0.1) is 0 Å². The fourth-order valence-corrected chi connectivity index (χ4v) is 1.74. The van der Waals surface area contributed by atoms with Crippen LogP contribution in [0, 0.1) is 5.82 Å². The first-order chi connectivity index (χ1) is 8.68. The van der Waals surface area contributed by atoms with Crippen LogP contribution in [-0.2, 0) is 0 Å². The number of nitrogens with two attached hydrogens (primary N) is 1. The lowest BCUT2D eigenvalue weighted by molar-refractivity contribution is 0.277. The summed E-state index contributed by atoms with van der Waals surface area (Å²) in [4.78, 5) is 0. The molecular formula is C14H13ClFNO. The van der Waals surface area contributed by atoms with Crippen LogP contribution in [0.2, 0.25) is 5.02 Å². The molecule has 18 heavy (non-hydrogen) atoms. The third-order valence-corrected chi connectivity index (χ3v) is 2.85. The lowest BCUT2D eigenvalue weighted by atomic mass is 10.1. The van der Waals surface area contributed by atoms with Crippen molar-refractivity contribution in [3.63, 3.8) is 0 Å². The third kappa shape index (κ3) is 3.00. The van der Waals surface area contributed by atoms with E-state index in [0.717, 1.165) is 5.56 Å². The highest BCUT2D eigenvalue weighted by Gasteiger charge is 2.10. The zero-order chi connectivity index (χ0) is 13.0. The molecule has 0 fully saturated rings. The Morgan fingerprint density at radius 2 is 1.83 bits per heavy atom. The van der Waals surface area contributed by atoms with Crippen LogP contribution in [0.25, 0.3) is 0 Å². The molecule has 0 heterocycles. The zero-order valence-corrected chi connectivity index (χ0v) is 10.4. The first-order valence-electron chi connectivity index (χ1n) is 5.56. The number of ether oxygens (including phenoxy) is 1. The van der Waals surface area contributed by atoms with Gasteiger partial charge >= 0.3 is 0 Å². The summed E-state index contributed by atoms with van der Waals surface area (Å²) in [6.07, 6.45) is 0. The smallest absolute Gasteiger partial charge is 0.183 e. The summed E-state index contributed by atoms with van der Waals surface area (Å²) in [6.45, 7) is 0.196. The molecule has 0 aliphatic carbocycles. The van der Waals surface area contributed by atoms with Crippen molar-refractivity contribution in [1.82, 2.24) is 0 Å². The molecule has 4 heteroatoms. The second-order valence-electron chi connectivity index (χ2n) is 3.88. The summed E-state index contributed by atoms with van der Waals surface area (Å²) in [5, 5.41) is 0.0424. The van der Waals surface area contributed by atoms with E-state index in [1.54, 1.807) is 6.07 Å². The van der Waals surface area contributed by atoms with Gasteiger partial charge in [0.1, 0.15) is 6.61 Å². The van der Waals surface area contributed by atoms with E-state index in [0.29, 0.717) is 0 Å². The van der Waals surface area contributed by atoms with Crippen molar-refractivity contribution in [2.45, 2.75) is 6.04 Å². The molecule has 1 unspecified atom stereocenters. The van der Waals surface area contributed by atoms with Crippen LogP contribution in [0.15, 0.2) is 48.5 Å². The number of hydrogen-bond acceptors (Lipinski definition) is 2. The lowest BCUT2D eigenvalue weighted by Crippen LogP contribution is -2.19. The average Bonchev–Trinajstić information content (AvgIpc) is 2.41. The van der Waals surface area contributed by atoms with E-state index in [9.17, 15) is 4.39 Å². The van der Waals surface area contributed by atoms with Gasteiger partial charge in [0.25, 0.3) is 0 Å². The van der Waals surface area contributed by atoms with Gasteiger partial charge in [0.15, 0.2) is 11.6 Å². The van der Waals surface area contributed by atoms with Crippen LogP contribution < -0.4 is 10.5 Å². The van der Waals surface area contributed by atoms with E-state index in [1.165, 1.54) is 12.1 Å². The molecule has 0 bridgehead atoms. The highest BCUT2D eigenvalue weighted by molar-refractivity contribution is 6.30. The Balaban J connectivity index is 2.02. The van der Waals surface area contributed by atoms with Gasteiger partial charge in [-0.25, -0.2) is 4.39 Å². The molecule has 1 atom stereocenters. The standard InChI is InChI=1S/C14H13ClFNO/c15-11-7-4-8-13(14(11)16)18-9-12(17)10-5-2-1-3-6-10/h1-8,12H,9,17H2. The van der Waals surface area contributed by atoms with Crippen molar-refractivity contribution >= 4 is 11.6 Å². The molecular weight excluding hydrogens is 253 g/mol. The monoisotopic (exact) mass is 265 g/mol. The van der Waals surface area contributed by atoms with Crippen LogP contribution in [0.3, 0.4) is 0 Å². The van der Waals surface area contributed by atoms with E-state index < -0.39 is 5.82 Å². The van der Waals surface area contributed by atoms with E-state index >= 15 is 0 Å². The highest BCUT2D eigenvalue weighted by Crippen LogP contribution is 2.24. The van der Waals surface area contributed by atoms with E-state index in [1.807, 2.05) is 30.3 Å². The Morgan fingerprint density at radius 3 is 2.56 bits per heavy atom. The first kappa shape index (κ1) is 12.9. The minimum Gasteiger partial charge on any atom is -0.488 e. The Labute approximate surface area is 110 Å². The number of halogens is 2. The van der Waals surface area contributed by atoms with Crippen LogP contribution in [0.4, 0.5) is 4.39 Å². The number of hydrogen-bond donors (Lipinski definition) is 1. The summed E-state index contributed by atoms with van der Waals surface area (Å²) >= 11 is 5.66. The van der Waals surface area contributed by atoms with Crippen LogP contribution in [-0.4, -0.2) is 6.61 Å². The maximum Gasteiger partial charge on any atom is 0.183 e. The van der Waals surface area contributed by atoms with E-state index in [4.69, 9.17) is 22.1 Å². The van der Waals surface area contributed by atoms with Gasteiger partial charge in [-0.05, 0) is 17.7 Å². The molecule has 0 aromatic heterocycles. The molecule has 0 saturated carbocycles. The second kappa shape index (κ2) is 5.85. The molecule has 2 aromatic rings. The van der Waals surface area contributed by atoms with Gasteiger partial charge in [0.2, 0.25) is 0 Å². The molecule has 0 aliphatic rings. The van der Waals surface area contributed by atoms with Gasteiger partial charge in [-0.3, -0.25) is 0 Å². The molecule has 2 rings (SSSR count). The Morgan fingerprint density at radius 1 is 1.11 bits per heavy atom. The summed E-state index contributed by atoms with van der Waals surface area (Å²) in [5.74, 6) is -0.437. The minimum absolute atomic E-state index is 0.0424. The molecule has 0 aliphatic heterocycles. The number of benzene rings is 2. The quantitative estimate of drug-likeness (QED) is 0.917. The van der Waals surface area contributed by atoms with Gasteiger partial charge in [-0.2, -0.15) is 0 Å². The zero-order valence-electron chi connectivity index (χ0n) is 9.64. The average molecular weight is 266 g/mol. The van der Waals surface area contributed by atoms with Crippen molar-refractivity contribution < 1.29 is 9.13 Å². The molecule has 0 radical (unpaired) electrons. The fraction of sp³-hybridized carbons (Fsp3) is 0.143. The summed E-state index contributed by atoms with van der Waals surface area (Å²) in [6, 6.07) is 13.8. The Kier molecular flexibility index (Phi) is 4.18. The molecule has 0 spiro atoms. The summed E-state index contributed by atoms with van der Waals surface area (Å²) in [7, 11) is 0.